The number of hydrogen-bond acceptors (Lipinski definition) is 4. The van der Waals surface area contributed by atoms with Crippen LogP contribution in [0.4, 0.5) is 5.69 Å². The van der Waals surface area contributed by atoms with Crippen LogP contribution in [0.2, 0.25) is 5.02 Å². The molecule has 146 valence electrons. The molecule has 1 amide bonds. The summed E-state index contributed by atoms with van der Waals surface area (Å²) in [5.74, 6) is -1.29. The molecule has 7 nitrogen and oxygen atoms in total. The minimum Gasteiger partial charge on any atom is -0.481 e. The third kappa shape index (κ3) is 4.02. The fraction of sp³-hybridized carbons (Fsp3) is 0.158. The van der Waals surface area contributed by atoms with Crippen LogP contribution in [-0.2, 0) is 26.0 Å². The van der Waals surface area contributed by atoms with Crippen molar-refractivity contribution >= 4 is 50.1 Å². The molecule has 9 heteroatoms. The van der Waals surface area contributed by atoms with E-state index in [2.05, 4.69) is 5.32 Å². The summed E-state index contributed by atoms with van der Waals surface area (Å²) in [5.41, 5.74) is 1.24. The molecule has 28 heavy (non-hydrogen) atoms. The Morgan fingerprint density at radius 3 is 2.39 bits per heavy atom. The van der Waals surface area contributed by atoms with Crippen molar-refractivity contribution in [2.45, 2.75) is 24.7 Å². The quantitative estimate of drug-likeness (QED) is 0.634. The molecule has 2 aromatic carbocycles. The Morgan fingerprint density at radius 2 is 1.79 bits per heavy atom. The van der Waals surface area contributed by atoms with E-state index in [1.54, 1.807) is 24.3 Å². The second kappa shape index (κ2) is 7.65. The van der Waals surface area contributed by atoms with Crippen molar-refractivity contribution in [3.8, 4) is 0 Å². The van der Waals surface area contributed by atoms with Crippen LogP contribution in [0.15, 0.2) is 53.4 Å². The van der Waals surface area contributed by atoms with Crippen molar-refractivity contribution in [3.05, 3.63) is 59.2 Å². The Hall–Kier alpha value is -2.84. The zero-order valence-corrected chi connectivity index (χ0v) is 16.4. The Morgan fingerprint density at radius 1 is 1.11 bits per heavy atom. The van der Waals surface area contributed by atoms with Crippen LogP contribution in [0.3, 0.4) is 0 Å². The maximum absolute atomic E-state index is 13.3. The first-order chi connectivity index (χ1) is 13.2. The molecule has 1 heterocycles. The first-order valence-electron chi connectivity index (χ1n) is 8.33. The van der Waals surface area contributed by atoms with Crippen molar-refractivity contribution in [2.24, 2.45) is 0 Å². The summed E-state index contributed by atoms with van der Waals surface area (Å²) < 4.78 is 27.7. The number of anilines is 1. The van der Waals surface area contributed by atoms with Gasteiger partial charge in [0.15, 0.2) is 0 Å². The van der Waals surface area contributed by atoms with Crippen LogP contribution in [0, 0.1) is 0 Å². The van der Waals surface area contributed by atoms with Crippen LogP contribution in [-0.4, -0.2) is 29.4 Å². The van der Waals surface area contributed by atoms with Gasteiger partial charge in [0.1, 0.15) is 0 Å². The van der Waals surface area contributed by atoms with E-state index in [4.69, 9.17) is 16.7 Å². The topological polar surface area (TPSA) is 105 Å². The zero-order chi connectivity index (χ0) is 20.5. The van der Waals surface area contributed by atoms with Gasteiger partial charge in [0.25, 0.3) is 10.0 Å². The third-order valence-corrected chi connectivity index (χ3v) is 6.11. The van der Waals surface area contributed by atoms with E-state index in [1.165, 1.54) is 31.2 Å². The number of hydrogen-bond donors (Lipinski definition) is 2. The molecule has 3 aromatic rings. The highest BCUT2D eigenvalue weighted by molar-refractivity contribution is 7.90. The van der Waals surface area contributed by atoms with Gasteiger partial charge in [-0.15, -0.1) is 0 Å². The smallest absolute Gasteiger partial charge is 0.303 e. The largest absolute Gasteiger partial charge is 0.481 e. The van der Waals surface area contributed by atoms with Gasteiger partial charge in [-0.25, -0.2) is 12.4 Å². The highest BCUT2D eigenvalue weighted by Crippen LogP contribution is 2.29. The van der Waals surface area contributed by atoms with E-state index in [-0.39, 0.29) is 23.6 Å². The average Bonchev–Trinajstić information content (AvgIpc) is 2.98. The van der Waals surface area contributed by atoms with Crippen LogP contribution < -0.4 is 5.32 Å². The van der Waals surface area contributed by atoms with Gasteiger partial charge in [-0.3, -0.25) is 9.59 Å². The lowest BCUT2D eigenvalue weighted by molar-refractivity contribution is -0.137. The molecular formula is C19H17ClN2O5S. The number of amides is 1. The van der Waals surface area contributed by atoms with Crippen molar-refractivity contribution in [3.63, 3.8) is 0 Å². The van der Waals surface area contributed by atoms with Crippen LogP contribution >= 0.6 is 11.6 Å². The third-order valence-electron chi connectivity index (χ3n) is 4.10. The minimum absolute atomic E-state index is 0.0191. The van der Waals surface area contributed by atoms with E-state index in [0.717, 1.165) is 3.97 Å². The van der Waals surface area contributed by atoms with Crippen molar-refractivity contribution in [1.82, 2.24) is 3.97 Å². The molecule has 0 saturated carbocycles. The van der Waals surface area contributed by atoms with Gasteiger partial charge in [-0.2, -0.15) is 0 Å². The number of aliphatic carboxylic acids is 1. The van der Waals surface area contributed by atoms with Gasteiger partial charge >= 0.3 is 5.97 Å². The molecular weight excluding hydrogens is 404 g/mol. The Labute approximate surface area is 166 Å². The number of halogens is 1. The lowest BCUT2D eigenvalue weighted by atomic mass is 10.2. The van der Waals surface area contributed by atoms with Gasteiger partial charge in [-0.05, 0) is 55.0 Å². The maximum Gasteiger partial charge on any atom is 0.303 e. The van der Waals surface area contributed by atoms with Crippen molar-refractivity contribution < 1.29 is 23.1 Å². The van der Waals surface area contributed by atoms with Crippen molar-refractivity contribution in [2.75, 3.05) is 5.32 Å². The highest BCUT2D eigenvalue weighted by Gasteiger charge is 2.23. The molecule has 1 aromatic heterocycles. The first kappa shape index (κ1) is 19.9. The van der Waals surface area contributed by atoms with Gasteiger partial charge in [-0.1, -0.05) is 11.6 Å². The number of carboxylic acids is 1. The number of benzene rings is 2. The average molecular weight is 421 g/mol. The summed E-state index contributed by atoms with van der Waals surface area (Å²) in [4.78, 5) is 22.1. The number of rotatable bonds is 6. The number of aryl methyl sites for hydroxylation is 1. The second-order valence-corrected chi connectivity index (χ2v) is 8.43. The van der Waals surface area contributed by atoms with E-state index >= 15 is 0 Å². The monoisotopic (exact) mass is 420 g/mol. The molecule has 0 bridgehead atoms. The van der Waals surface area contributed by atoms with E-state index in [0.29, 0.717) is 27.3 Å². The SMILES string of the molecule is CC(=O)Nc1ccc(S(=O)(=O)n2c(CCC(=O)O)cc3cc(Cl)ccc32)cc1. The summed E-state index contributed by atoms with van der Waals surface area (Å²) in [5, 5.41) is 12.6. The molecule has 0 aliphatic heterocycles. The first-order valence-corrected chi connectivity index (χ1v) is 10.1. The second-order valence-electron chi connectivity index (χ2n) is 6.21. The van der Waals surface area contributed by atoms with E-state index in [1.807, 2.05) is 0 Å². The lowest BCUT2D eigenvalue weighted by Gasteiger charge is -2.12. The van der Waals surface area contributed by atoms with E-state index in [9.17, 15) is 18.0 Å². The molecule has 3 rings (SSSR count). The van der Waals surface area contributed by atoms with Gasteiger partial charge < -0.3 is 10.4 Å². The predicted molar refractivity (Wildman–Crippen MR) is 106 cm³/mol. The molecule has 2 N–H and O–H groups in total. The summed E-state index contributed by atoms with van der Waals surface area (Å²) in [6.07, 6.45) is -0.161. The molecule has 0 aliphatic rings. The fourth-order valence-electron chi connectivity index (χ4n) is 2.93. The number of aromatic nitrogens is 1. The Balaban J connectivity index is 2.12. The normalized spacial score (nSPS) is 11.5. The number of nitrogens with zero attached hydrogens (tertiary/aromatic N) is 1. The molecule has 0 aliphatic carbocycles. The molecule has 0 radical (unpaired) electrons. The number of carbonyl (C=O) groups excluding carboxylic acids is 1. The van der Waals surface area contributed by atoms with Crippen LogP contribution in [0.5, 0.6) is 0 Å². The standard InChI is InChI=1S/C19H17ClN2O5S/c1-12(23)21-15-3-6-17(7-4-15)28(26,27)22-16(5-9-19(24)25)11-13-10-14(20)2-8-18(13)22/h2-4,6-8,10-11H,5,9H2,1H3,(H,21,23)(H,24,25). The Bertz CT molecular complexity index is 1170. The molecule has 0 spiro atoms. The van der Waals surface area contributed by atoms with Crippen LogP contribution in [0.25, 0.3) is 10.9 Å². The molecule has 0 atom stereocenters. The van der Waals surface area contributed by atoms with Gasteiger partial charge in [0, 0.05) is 28.7 Å². The van der Waals surface area contributed by atoms with Gasteiger partial charge in [0.05, 0.1) is 16.8 Å². The zero-order valence-electron chi connectivity index (χ0n) is 14.8. The number of carbonyl (C=O) groups is 2. The van der Waals surface area contributed by atoms with Crippen molar-refractivity contribution in [1.29, 1.82) is 0 Å². The Kier molecular flexibility index (Phi) is 5.44. The van der Waals surface area contributed by atoms with Gasteiger partial charge in [0.2, 0.25) is 5.91 Å². The summed E-state index contributed by atoms with van der Waals surface area (Å²) in [6, 6.07) is 12.2. The number of fused-ring (bicyclic) bond motifs is 1. The highest BCUT2D eigenvalue weighted by atomic mass is 35.5. The van der Waals surface area contributed by atoms with E-state index < -0.39 is 16.0 Å². The lowest BCUT2D eigenvalue weighted by Crippen LogP contribution is -2.16. The predicted octanol–water partition coefficient (Wildman–Crippen LogP) is 3.51. The minimum atomic E-state index is -3.99. The number of nitrogens with one attached hydrogen (secondary N) is 1. The van der Waals surface area contributed by atoms with Crippen LogP contribution in [0.1, 0.15) is 19.0 Å². The molecule has 0 saturated heterocycles. The maximum atomic E-state index is 13.3. The molecule has 0 unspecified atom stereocenters. The number of carboxylic acid groups (broad SMARTS) is 1. The summed E-state index contributed by atoms with van der Waals surface area (Å²) in [7, 11) is -3.99. The molecule has 0 fully saturated rings. The summed E-state index contributed by atoms with van der Waals surface area (Å²) >= 11 is 6.01. The fourth-order valence-corrected chi connectivity index (χ4v) is 4.68. The summed E-state index contributed by atoms with van der Waals surface area (Å²) in [6.45, 7) is 1.36.